The maximum absolute atomic E-state index is 13.1. The van der Waals surface area contributed by atoms with E-state index in [4.69, 9.17) is 0 Å². The van der Waals surface area contributed by atoms with E-state index in [2.05, 4.69) is 0 Å². The summed E-state index contributed by atoms with van der Waals surface area (Å²) in [5.41, 5.74) is 5.74. The number of pyridine rings is 1. The van der Waals surface area contributed by atoms with E-state index in [1.807, 2.05) is 67.9 Å². The molecule has 1 N–H and O–H groups in total. The second kappa shape index (κ2) is 6.01. The van der Waals surface area contributed by atoms with Crippen LogP contribution in [-0.4, -0.2) is 16.3 Å². The van der Waals surface area contributed by atoms with Gasteiger partial charge in [-0.2, -0.15) is 0 Å². The Morgan fingerprint density at radius 2 is 1.61 bits per heavy atom. The van der Waals surface area contributed by atoms with Gasteiger partial charge in [0.25, 0.3) is 0 Å². The number of aliphatic hydroxyl groups excluding tert-OH is 1. The van der Waals surface area contributed by atoms with Crippen molar-refractivity contribution in [2.24, 2.45) is 0 Å². The smallest absolute Gasteiger partial charge is 0.197 e. The largest absolute Gasteiger partial charge is 0.395 e. The van der Waals surface area contributed by atoms with Gasteiger partial charge in [-0.1, -0.05) is 42.0 Å². The van der Waals surface area contributed by atoms with Crippen LogP contribution < -0.4 is 5.43 Å². The maximum Gasteiger partial charge on any atom is 0.197 e. The molecular formula is C20H21NO2. The number of benzene rings is 2. The second-order valence-corrected chi connectivity index (χ2v) is 6.08. The molecule has 0 fully saturated rings. The SMILES string of the molecule is Cc1ccc(-c2cn(CCO)c3c(C)ccc(C)c3c2=O)cc1. The molecule has 3 rings (SSSR count). The Kier molecular flexibility index (Phi) is 4.05. The minimum atomic E-state index is 0.0404. The van der Waals surface area contributed by atoms with Gasteiger partial charge in [0.05, 0.1) is 12.1 Å². The average molecular weight is 307 g/mol. The first kappa shape index (κ1) is 15.5. The lowest BCUT2D eigenvalue weighted by atomic mass is 9.99. The van der Waals surface area contributed by atoms with E-state index in [9.17, 15) is 9.90 Å². The standard InChI is InChI=1S/C20H21NO2/c1-13-4-8-16(9-5-13)17-12-21(10-11-22)19-15(3)7-6-14(2)18(19)20(17)23/h4-9,12,22H,10-11H2,1-3H3. The normalized spacial score (nSPS) is 11.1. The summed E-state index contributed by atoms with van der Waals surface area (Å²) in [6, 6.07) is 12.0. The van der Waals surface area contributed by atoms with Crippen LogP contribution in [0.4, 0.5) is 0 Å². The van der Waals surface area contributed by atoms with Gasteiger partial charge in [-0.25, -0.2) is 0 Å². The van der Waals surface area contributed by atoms with Crippen molar-refractivity contribution in [2.75, 3.05) is 6.61 Å². The molecule has 0 spiro atoms. The summed E-state index contributed by atoms with van der Waals surface area (Å²) >= 11 is 0. The maximum atomic E-state index is 13.1. The van der Waals surface area contributed by atoms with Crippen LogP contribution in [0.5, 0.6) is 0 Å². The first-order chi connectivity index (χ1) is 11.0. The minimum absolute atomic E-state index is 0.0404. The third kappa shape index (κ3) is 2.68. The Morgan fingerprint density at radius 3 is 2.26 bits per heavy atom. The molecule has 23 heavy (non-hydrogen) atoms. The van der Waals surface area contributed by atoms with E-state index in [1.165, 1.54) is 0 Å². The molecular weight excluding hydrogens is 286 g/mol. The zero-order valence-electron chi connectivity index (χ0n) is 13.8. The van der Waals surface area contributed by atoms with Crippen molar-refractivity contribution < 1.29 is 5.11 Å². The van der Waals surface area contributed by atoms with E-state index < -0.39 is 0 Å². The van der Waals surface area contributed by atoms with Crippen LogP contribution in [0, 0.1) is 20.8 Å². The fourth-order valence-corrected chi connectivity index (χ4v) is 3.09. The van der Waals surface area contributed by atoms with Crippen LogP contribution in [0.25, 0.3) is 22.0 Å². The molecule has 0 aliphatic heterocycles. The van der Waals surface area contributed by atoms with Crippen LogP contribution in [0.15, 0.2) is 47.4 Å². The lowest BCUT2D eigenvalue weighted by Gasteiger charge is -2.16. The lowest BCUT2D eigenvalue weighted by molar-refractivity contribution is 0.278. The summed E-state index contributed by atoms with van der Waals surface area (Å²) in [4.78, 5) is 13.1. The molecule has 0 radical (unpaired) electrons. The van der Waals surface area contributed by atoms with Gasteiger partial charge in [-0.05, 0) is 37.5 Å². The van der Waals surface area contributed by atoms with Gasteiger partial charge in [0, 0.05) is 23.7 Å². The predicted molar refractivity (Wildman–Crippen MR) is 94.9 cm³/mol. The zero-order valence-corrected chi connectivity index (χ0v) is 13.8. The summed E-state index contributed by atoms with van der Waals surface area (Å²) < 4.78 is 1.99. The number of hydrogen-bond donors (Lipinski definition) is 1. The third-order valence-electron chi connectivity index (χ3n) is 4.34. The van der Waals surface area contributed by atoms with Crippen LogP contribution in [0.3, 0.4) is 0 Å². The Hall–Kier alpha value is -2.39. The Morgan fingerprint density at radius 1 is 0.957 bits per heavy atom. The van der Waals surface area contributed by atoms with E-state index in [0.717, 1.165) is 33.2 Å². The number of nitrogens with zero attached hydrogens (tertiary/aromatic N) is 1. The second-order valence-electron chi connectivity index (χ2n) is 6.08. The van der Waals surface area contributed by atoms with Crippen molar-refractivity contribution in [1.29, 1.82) is 0 Å². The molecule has 0 amide bonds. The topological polar surface area (TPSA) is 42.2 Å². The summed E-state index contributed by atoms with van der Waals surface area (Å²) in [5, 5.41) is 10.2. The van der Waals surface area contributed by atoms with Crippen LogP contribution in [0.1, 0.15) is 16.7 Å². The van der Waals surface area contributed by atoms with Gasteiger partial charge in [0.15, 0.2) is 5.43 Å². The molecule has 0 aliphatic rings. The molecule has 0 saturated carbocycles. The number of fused-ring (bicyclic) bond motifs is 1. The molecule has 2 aromatic carbocycles. The Balaban J connectivity index is 2.40. The number of aliphatic hydroxyl groups is 1. The highest BCUT2D eigenvalue weighted by molar-refractivity contribution is 5.89. The summed E-state index contributed by atoms with van der Waals surface area (Å²) in [5.74, 6) is 0. The van der Waals surface area contributed by atoms with Gasteiger partial charge in [0.2, 0.25) is 0 Å². The van der Waals surface area contributed by atoms with Gasteiger partial charge < -0.3 is 9.67 Å². The fourth-order valence-electron chi connectivity index (χ4n) is 3.09. The summed E-state index contributed by atoms with van der Waals surface area (Å²) in [6.07, 6.45) is 1.87. The third-order valence-corrected chi connectivity index (χ3v) is 4.34. The van der Waals surface area contributed by atoms with E-state index in [1.54, 1.807) is 0 Å². The number of aryl methyl sites for hydroxylation is 3. The fraction of sp³-hybridized carbons (Fsp3) is 0.250. The molecule has 0 aliphatic carbocycles. The molecule has 0 atom stereocenters. The van der Waals surface area contributed by atoms with E-state index >= 15 is 0 Å². The molecule has 0 bridgehead atoms. The van der Waals surface area contributed by atoms with Crippen molar-refractivity contribution in [3.8, 4) is 11.1 Å². The monoisotopic (exact) mass is 307 g/mol. The zero-order chi connectivity index (χ0) is 16.6. The molecule has 1 aromatic heterocycles. The van der Waals surface area contributed by atoms with Crippen LogP contribution in [-0.2, 0) is 6.54 Å². The molecule has 118 valence electrons. The molecule has 0 unspecified atom stereocenters. The van der Waals surface area contributed by atoms with Crippen molar-refractivity contribution in [3.05, 3.63) is 69.5 Å². The quantitative estimate of drug-likeness (QED) is 0.803. The van der Waals surface area contributed by atoms with Gasteiger partial charge in [-0.15, -0.1) is 0 Å². The predicted octanol–water partition coefficient (Wildman–Crippen LogP) is 3.59. The highest BCUT2D eigenvalue weighted by Crippen LogP contribution is 2.24. The van der Waals surface area contributed by atoms with Gasteiger partial charge >= 0.3 is 0 Å². The Labute approximate surface area is 135 Å². The molecule has 3 aromatic rings. The van der Waals surface area contributed by atoms with Crippen molar-refractivity contribution in [2.45, 2.75) is 27.3 Å². The minimum Gasteiger partial charge on any atom is -0.395 e. The molecule has 0 saturated heterocycles. The Bertz CT molecular complexity index is 921. The average Bonchev–Trinajstić information content (AvgIpc) is 2.54. The van der Waals surface area contributed by atoms with Gasteiger partial charge in [-0.3, -0.25) is 4.79 Å². The lowest BCUT2D eigenvalue weighted by Crippen LogP contribution is -2.15. The van der Waals surface area contributed by atoms with Crippen molar-refractivity contribution in [1.82, 2.24) is 4.57 Å². The molecule has 3 heteroatoms. The highest BCUT2D eigenvalue weighted by Gasteiger charge is 2.14. The number of aromatic nitrogens is 1. The van der Waals surface area contributed by atoms with Crippen molar-refractivity contribution in [3.63, 3.8) is 0 Å². The summed E-state index contributed by atoms with van der Waals surface area (Å²) in [6.45, 7) is 6.51. The number of hydrogen-bond acceptors (Lipinski definition) is 2. The van der Waals surface area contributed by atoms with E-state index in [0.29, 0.717) is 12.1 Å². The summed E-state index contributed by atoms with van der Waals surface area (Å²) in [7, 11) is 0. The number of rotatable bonds is 3. The van der Waals surface area contributed by atoms with Crippen LogP contribution >= 0.6 is 0 Å². The van der Waals surface area contributed by atoms with E-state index in [-0.39, 0.29) is 12.0 Å². The first-order valence-corrected chi connectivity index (χ1v) is 7.84. The van der Waals surface area contributed by atoms with Gasteiger partial charge in [0.1, 0.15) is 0 Å². The molecule has 1 heterocycles. The van der Waals surface area contributed by atoms with Crippen molar-refractivity contribution >= 4 is 10.9 Å². The molecule has 3 nitrogen and oxygen atoms in total. The first-order valence-electron chi connectivity index (χ1n) is 7.84. The highest BCUT2D eigenvalue weighted by atomic mass is 16.3. The van der Waals surface area contributed by atoms with Crippen LogP contribution in [0.2, 0.25) is 0 Å².